The Labute approximate surface area is 161 Å². The second-order valence-corrected chi connectivity index (χ2v) is 7.57. The summed E-state index contributed by atoms with van der Waals surface area (Å²) in [6.45, 7) is 0. The van der Waals surface area contributed by atoms with Crippen LogP contribution in [0.4, 0.5) is 5.69 Å². The van der Waals surface area contributed by atoms with Gasteiger partial charge >= 0.3 is 0 Å². The fourth-order valence-electron chi connectivity index (χ4n) is 2.49. The fraction of sp³-hybridized carbons (Fsp3) is 0. The highest BCUT2D eigenvalue weighted by Crippen LogP contribution is 2.26. The Morgan fingerprint density at radius 3 is 2.96 bits per heavy atom. The van der Waals surface area contributed by atoms with E-state index < -0.39 is 0 Å². The van der Waals surface area contributed by atoms with Crippen molar-refractivity contribution >= 4 is 55.4 Å². The number of halogens is 2. The normalized spacial score (nSPS) is 11.0. The summed E-state index contributed by atoms with van der Waals surface area (Å²) < 4.78 is 2.78. The molecule has 0 spiro atoms. The summed E-state index contributed by atoms with van der Waals surface area (Å²) in [5.41, 5.74) is 2.91. The number of hydrogen-bond acceptors (Lipinski definition) is 3. The first kappa shape index (κ1) is 16.3. The molecule has 4 aromatic rings. The number of aromatic nitrogens is 2. The standard InChI is InChI=1S/C18H11BrClN3OS/c19-12-4-5-15(20)14(9-12)17(24)21-13-3-1-2-11(8-13)16-10-23-6-7-25-18(23)22-16/h1-10H,(H,21,24). The van der Waals surface area contributed by atoms with Crippen LogP contribution in [-0.4, -0.2) is 15.3 Å². The summed E-state index contributed by atoms with van der Waals surface area (Å²) in [5.74, 6) is -0.255. The largest absolute Gasteiger partial charge is 0.322 e. The van der Waals surface area contributed by atoms with Gasteiger partial charge in [0.2, 0.25) is 0 Å². The predicted molar refractivity (Wildman–Crippen MR) is 106 cm³/mol. The second-order valence-electron chi connectivity index (χ2n) is 5.38. The maximum atomic E-state index is 12.5. The molecule has 2 heterocycles. The topological polar surface area (TPSA) is 46.4 Å². The molecule has 0 radical (unpaired) electrons. The van der Waals surface area contributed by atoms with Crippen molar-refractivity contribution in [1.82, 2.24) is 9.38 Å². The molecule has 0 aliphatic carbocycles. The zero-order chi connectivity index (χ0) is 17.4. The van der Waals surface area contributed by atoms with Crippen molar-refractivity contribution in [2.24, 2.45) is 0 Å². The Bertz CT molecular complexity index is 1060. The maximum Gasteiger partial charge on any atom is 0.257 e. The van der Waals surface area contributed by atoms with Crippen LogP contribution in [0.3, 0.4) is 0 Å². The Hall–Kier alpha value is -2.15. The molecule has 0 saturated carbocycles. The van der Waals surface area contributed by atoms with E-state index in [1.807, 2.05) is 46.4 Å². The molecule has 0 unspecified atom stereocenters. The summed E-state index contributed by atoms with van der Waals surface area (Å²) >= 11 is 11.1. The van der Waals surface area contributed by atoms with Crippen LogP contribution in [0.2, 0.25) is 5.02 Å². The van der Waals surface area contributed by atoms with Gasteiger partial charge in [-0.15, -0.1) is 11.3 Å². The molecule has 0 saturated heterocycles. The van der Waals surface area contributed by atoms with E-state index in [2.05, 4.69) is 26.2 Å². The minimum Gasteiger partial charge on any atom is -0.322 e. The van der Waals surface area contributed by atoms with Gasteiger partial charge in [-0.25, -0.2) is 4.98 Å². The zero-order valence-corrected chi connectivity index (χ0v) is 15.9. The van der Waals surface area contributed by atoms with Gasteiger partial charge in [-0.3, -0.25) is 9.20 Å². The molecule has 0 atom stereocenters. The number of hydrogen-bond donors (Lipinski definition) is 1. The van der Waals surface area contributed by atoms with Gasteiger partial charge in [-0.1, -0.05) is 39.7 Å². The Morgan fingerprint density at radius 2 is 2.12 bits per heavy atom. The quantitative estimate of drug-likeness (QED) is 0.449. The van der Waals surface area contributed by atoms with Crippen LogP contribution >= 0.6 is 38.9 Å². The molecule has 124 valence electrons. The molecule has 25 heavy (non-hydrogen) atoms. The molecule has 4 rings (SSSR count). The van der Waals surface area contributed by atoms with Crippen LogP contribution in [0.5, 0.6) is 0 Å². The summed E-state index contributed by atoms with van der Waals surface area (Å²) in [6, 6.07) is 12.8. The summed E-state index contributed by atoms with van der Waals surface area (Å²) in [4.78, 5) is 18.0. The van der Waals surface area contributed by atoms with Gasteiger partial charge in [0.25, 0.3) is 5.91 Å². The lowest BCUT2D eigenvalue weighted by atomic mass is 10.1. The number of anilines is 1. The third-order valence-electron chi connectivity index (χ3n) is 3.68. The molecule has 1 N–H and O–H groups in total. The lowest BCUT2D eigenvalue weighted by molar-refractivity contribution is 0.102. The molecule has 2 aromatic carbocycles. The lowest BCUT2D eigenvalue weighted by Gasteiger charge is -2.08. The summed E-state index contributed by atoms with van der Waals surface area (Å²) in [5, 5.41) is 5.29. The van der Waals surface area contributed by atoms with Crippen molar-refractivity contribution in [3.63, 3.8) is 0 Å². The van der Waals surface area contributed by atoms with Gasteiger partial charge in [-0.2, -0.15) is 0 Å². The number of nitrogens with one attached hydrogen (secondary N) is 1. The summed E-state index contributed by atoms with van der Waals surface area (Å²) in [6.07, 6.45) is 3.94. The number of thiazole rings is 1. The van der Waals surface area contributed by atoms with Crippen LogP contribution in [-0.2, 0) is 0 Å². The first-order valence-electron chi connectivity index (χ1n) is 7.39. The highest BCUT2D eigenvalue weighted by atomic mass is 79.9. The summed E-state index contributed by atoms with van der Waals surface area (Å²) in [7, 11) is 0. The van der Waals surface area contributed by atoms with Gasteiger partial charge in [-0.05, 0) is 30.3 Å². The first-order valence-corrected chi connectivity index (χ1v) is 9.44. The number of carbonyl (C=O) groups is 1. The van der Waals surface area contributed by atoms with Crippen molar-refractivity contribution in [2.75, 3.05) is 5.32 Å². The third-order valence-corrected chi connectivity index (χ3v) is 5.28. The number of rotatable bonds is 3. The van der Waals surface area contributed by atoms with Crippen LogP contribution < -0.4 is 5.32 Å². The Kier molecular flexibility index (Phi) is 4.33. The minimum absolute atomic E-state index is 0.255. The molecule has 4 nitrogen and oxygen atoms in total. The van der Waals surface area contributed by atoms with Gasteiger partial charge in [0.1, 0.15) is 0 Å². The Balaban J connectivity index is 1.62. The van der Waals surface area contributed by atoms with E-state index in [-0.39, 0.29) is 5.91 Å². The monoisotopic (exact) mass is 431 g/mol. The molecular formula is C18H11BrClN3OS. The number of fused-ring (bicyclic) bond motifs is 1. The van der Waals surface area contributed by atoms with E-state index in [9.17, 15) is 4.79 Å². The van der Waals surface area contributed by atoms with Crippen molar-refractivity contribution in [3.05, 3.63) is 75.3 Å². The van der Waals surface area contributed by atoms with E-state index in [0.717, 1.165) is 20.7 Å². The zero-order valence-electron chi connectivity index (χ0n) is 12.7. The average molecular weight is 433 g/mol. The van der Waals surface area contributed by atoms with Crippen LogP contribution in [0.15, 0.2) is 64.7 Å². The van der Waals surface area contributed by atoms with E-state index in [0.29, 0.717) is 16.3 Å². The molecule has 7 heteroatoms. The molecule has 0 aliphatic heterocycles. The average Bonchev–Trinajstić information content (AvgIpc) is 3.19. The van der Waals surface area contributed by atoms with E-state index in [1.54, 1.807) is 29.5 Å². The number of carbonyl (C=O) groups excluding carboxylic acids is 1. The minimum atomic E-state index is -0.255. The number of amides is 1. The molecular weight excluding hydrogens is 422 g/mol. The molecule has 2 aromatic heterocycles. The molecule has 1 amide bonds. The van der Waals surface area contributed by atoms with Crippen LogP contribution in [0.1, 0.15) is 10.4 Å². The van der Waals surface area contributed by atoms with Crippen molar-refractivity contribution in [3.8, 4) is 11.3 Å². The lowest BCUT2D eigenvalue weighted by Crippen LogP contribution is -2.12. The first-order chi connectivity index (χ1) is 12.1. The van der Waals surface area contributed by atoms with Gasteiger partial charge < -0.3 is 5.32 Å². The van der Waals surface area contributed by atoms with Crippen LogP contribution in [0.25, 0.3) is 16.2 Å². The predicted octanol–water partition coefficient (Wildman–Crippen LogP) is 5.73. The van der Waals surface area contributed by atoms with Crippen molar-refractivity contribution < 1.29 is 4.79 Å². The third kappa shape index (κ3) is 3.33. The molecule has 0 bridgehead atoms. The van der Waals surface area contributed by atoms with Gasteiger partial charge in [0.05, 0.1) is 16.3 Å². The molecule has 0 fully saturated rings. The highest BCUT2D eigenvalue weighted by molar-refractivity contribution is 9.10. The fourth-order valence-corrected chi connectivity index (χ4v) is 3.76. The van der Waals surface area contributed by atoms with Crippen molar-refractivity contribution in [2.45, 2.75) is 0 Å². The van der Waals surface area contributed by atoms with Gasteiger partial charge in [0.15, 0.2) is 4.96 Å². The van der Waals surface area contributed by atoms with E-state index >= 15 is 0 Å². The van der Waals surface area contributed by atoms with Gasteiger partial charge in [0, 0.05) is 33.5 Å². The number of imidazole rings is 1. The number of nitrogens with zero attached hydrogens (tertiary/aromatic N) is 2. The molecule has 0 aliphatic rings. The smallest absolute Gasteiger partial charge is 0.257 e. The van der Waals surface area contributed by atoms with Crippen LogP contribution in [0, 0.1) is 0 Å². The van der Waals surface area contributed by atoms with Crippen molar-refractivity contribution in [1.29, 1.82) is 0 Å². The maximum absolute atomic E-state index is 12.5. The highest BCUT2D eigenvalue weighted by Gasteiger charge is 2.12. The number of benzene rings is 2. The second kappa shape index (κ2) is 6.63. The van der Waals surface area contributed by atoms with E-state index in [1.165, 1.54) is 0 Å². The van der Waals surface area contributed by atoms with E-state index in [4.69, 9.17) is 11.6 Å². The SMILES string of the molecule is O=C(Nc1cccc(-c2cn3ccsc3n2)c1)c1cc(Br)ccc1Cl. The Morgan fingerprint density at radius 1 is 1.24 bits per heavy atom.